The van der Waals surface area contributed by atoms with Gasteiger partial charge in [0, 0.05) is 5.02 Å². The van der Waals surface area contributed by atoms with E-state index in [1.54, 1.807) is 0 Å². The Hall–Kier alpha value is -0.750. The Morgan fingerprint density at radius 1 is 1.40 bits per heavy atom. The van der Waals surface area contributed by atoms with Crippen LogP contribution in [0.15, 0.2) is 30.4 Å². The maximum atomic E-state index is 6.02. The number of halogens is 1. The summed E-state index contributed by atoms with van der Waals surface area (Å²) in [5.41, 5.74) is 2.57. The molecule has 0 nitrogen and oxygen atoms in total. The topological polar surface area (TPSA) is 0 Å². The van der Waals surface area contributed by atoms with E-state index in [0.29, 0.717) is 5.92 Å². The maximum Gasteiger partial charge on any atom is 0.0435 e. The van der Waals surface area contributed by atoms with E-state index in [-0.39, 0.29) is 0 Å². The first-order valence-corrected chi connectivity index (χ1v) is 5.94. The van der Waals surface area contributed by atoms with Crippen molar-refractivity contribution in [1.82, 2.24) is 0 Å². The molecule has 0 aliphatic heterocycles. The molecule has 0 spiro atoms. The molecule has 15 heavy (non-hydrogen) atoms. The van der Waals surface area contributed by atoms with Crippen LogP contribution in [0.5, 0.6) is 0 Å². The molecule has 1 unspecified atom stereocenters. The highest BCUT2D eigenvalue weighted by Crippen LogP contribution is 2.27. The van der Waals surface area contributed by atoms with E-state index in [1.165, 1.54) is 17.5 Å². The number of hydrogen-bond acceptors (Lipinski definition) is 0. The molecule has 1 atom stereocenters. The average Bonchev–Trinajstić information content (AvgIpc) is 2.24. The van der Waals surface area contributed by atoms with Crippen LogP contribution < -0.4 is 0 Å². The maximum absolute atomic E-state index is 6.02. The third-order valence-corrected chi connectivity index (χ3v) is 3.23. The Balaban J connectivity index is 2.87. The van der Waals surface area contributed by atoms with E-state index in [9.17, 15) is 0 Å². The summed E-state index contributed by atoms with van der Waals surface area (Å²) in [7, 11) is 0. The molecule has 1 aromatic carbocycles. The first-order chi connectivity index (χ1) is 7.19. The number of aryl methyl sites for hydroxylation is 1. The van der Waals surface area contributed by atoms with Gasteiger partial charge in [-0.3, -0.25) is 0 Å². The third-order valence-electron chi connectivity index (χ3n) is 2.80. The van der Waals surface area contributed by atoms with Crippen LogP contribution in [0.1, 0.15) is 43.7 Å². The Labute approximate surface area is 98.0 Å². The fourth-order valence-corrected chi connectivity index (χ4v) is 1.88. The van der Waals surface area contributed by atoms with Gasteiger partial charge < -0.3 is 0 Å². The standard InChI is InChI=1S/C14H19Cl/c1-4-6-7-12(5-2)13-8-9-14(15)11(3)10-13/h4,6,8-10,12H,5,7H2,1-3H3/b6-4-. The summed E-state index contributed by atoms with van der Waals surface area (Å²) in [5, 5.41) is 0.861. The average molecular weight is 223 g/mol. The Kier molecular flexibility index (Phi) is 4.90. The van der Waals surface area contributed by atoms with Crippen LogP contribution in [0.2, 0.25) is 5.02 Å². The number of benzene rings is 1. The molecular formula is C14H19Cl. The molecule has 0 N–H and O–H groups in total. The fourth-order valence-electron chi connectivity index (χ4n) is 1.76. The van der Waals surface area contributed by atoms with Crippen LogP contribution in [0.3, 0.4) is 0 Å². The van der Waals surface area contributed by atoms with E-state index < -0.39 is 0 Å². The molecule has 1 rings (SSSR count). The van der Waals surface area contributed by atoms with Gasteiger partial charge in [-0.15, -0.1) is 0 Å². The van der Waals surface area contributed by atoms with E-state index >= 15 is 0 Å². The Morgan fingerprint density at radius 2 is 2.13 bits per heavy atom. The number of rotatable bonds is 4. The smallest absolute Gasteiger partial charge is 0.0435 e. The largest absolute Gasteiger partial charge is 0.0916 e. The Bertz CT molecular complexity index is 339. The van der Waals surface area contributed by atoms with Gasteiger partial charge in [-0.05, 0) is 49.8 Å². The van der Waals surface area contributed by atoms with Crippen molar-refractivity contribution in [2.75, 3.05) is 0 Å². The molecule has 0 heterocycles. The van der Waals surface area contributed by atoms with Crippen molar-refractivity contribution in [3.63, 3.8) is 0 Å². The highest BCUT2D eigenvalue weighted by atomic mass is 35.5. The SMILES string of the molecule is C/C=C\CC(CC)c1ccc(Cl)c(C)c1. The van der Waals surface area contributed by atoms with Crippen molar-refractivity contribution in [1.29, 1.82) is 0 Å². The van der Waals surface area contributed by atoms with Crippen LogP contribution in [-0.4, -0.2) is 0 Å². The second-order valence-corrected chi connectivity index (χ2v) is 4.33. The Morgan fingerprint density at radius 3 is 2.67 bits per heavy atom. The lowest BCUT2D eigenvalue weighted by Crippen LogP contribution is -1.96. The first-order valence-electron chi connectivity index (χ1n) is 5.56. The highest BCUT2D eigenvalue weighted by Gasteiger charge is 2.08. The lowest BCUT2D eigenvalue weighted by molar-refractivity contribution is 0.673. The molecule has 0 aliphatic rings. The van der Waals surface area contributed by atoms with E-state index in [4.69, 9.17) is 11.6 Å². The quantitative estimate of drug-likeness (QED) is 0.622. The zero-order valence-corrected chi connectivity index (χ0v) is 10.5. The van der Waals surface area contributed by atoms with Gasteiger partial charge >= 0.3 is 0 Å². The molecule has 1 heteroatoms. The van der Waals surface area contributed by atoms with E-state index in [0.717, 1.165) is 11.4 Å². The van der Waals surface area contributed by atoms with Crippen molar-refractivity contribution in [3.8, 4) is 0 Å². The van der Waals surface area contributed by atoms with Gasteiger partial charge in [0.2, 0.25) is 0 Å². The molecule has 0 amide bonds. The number of allylic oxidation sites excluding steroid dienone is 2. The van der Waals surface area contributed by atoms with Crippen molar-refractivity contribution in [2.24, 2.45) is 0 Å². The first kappa shape index (κ1) is 12.3. The van der Waals surface area contributed by atoms with Crippen LogP contribution in [0.4, 0.5) is 0 Å². The van der Waals surface area contributed by atoms with Crippen molar-refractivity contribution in [3.05, 3.63) is 46.5 Å². The van der Waals surface area contributed by atoms with Gasteiger partial charge in [0.1, 0.15) is 0 Å². The van der Waals surface area contributed by atoms with Crippen molar-refractivity contribution >= 4 is 11.6 Å². The summed E-state index contributed by atoms with van der Waals surface area (Å²) in [4.78, 5) is 0. The summed E-state index contributed by atoms with van der Waals surface area (Å²) >= 11 is 6.02. The van der Waals surface area contributed by atoms with Gasteiger partial charge in [0.15, 0.2) is 0 Å². The molecule has 0 bridgehead atoms. The summed E-state index contributed by atoms with van der Waals surface area (Å²) in [6.45, 7) is 6.37. The molecular weight excluding hydrogens is 204 g/mol. The highest BCUT2D eigenvalue weighted by molar-refractivity contribution is 6.31. The van der Waals surface area contributed by atoms with E-state index in [2.05, 4.69) is 45.1 Å². The molecule has 0 radical (unpaired) electrons. The molecule has 1 aromatic rings. The second-order valence-electron chi connectivity index (χ2n) is 3.92. The molecule has 0 aromatic heterocycles. The molecule has 0 fully saturated rings. The monoisotopic (exact) mass is 222 g/mol. The second kappa shape index (κ2) is 5.97. The summed E-state index contributed by atoms with van der Waals surface area (Å²) in [6.07, 6.45) is 6.64. The van der Waals surface area contributed by atoms with Gasteiger partial charge in [-0.1, -0.05) is 42.8 Å². The fraction of sp³-hybridized carbons (Fsp3) is 0.429. The molecule has 0 saturated heterocycles. The van der Waals surface area contributed by atoms with Gasteiger partial charge in [0.25, 0.3) is 0 Å². The normalized spacial score (nSPS) is 13.3. The molecule has 0 aliphatic carbocycles. The van der Waals surface area contributed by atoms with E-state index in [1.807, 2.05) is 6.07 Å². The summed E-state index contributed by atoms with van der Waals surface area (Å²) in [6, 6.07) is 6.36. The molecule has 82 valence electrons. The minimum atomic E-state index is 0.622. The van der Waals surface area contributed by atoms with Crippen LogP contribution in [0, 0.1) is 6.92 Å². The summed E-state index contributed by atoms with van der Waals surface area (Å²) < 4.78 is 0. The molecule has 0 saturated carbocycles. The minimum absolute atomic E-state index is 0.622. The lowest BCUT2D eigenvalue weighted by atomic mass is 9.92. The lowest BCUT2D eigenvalue weighted by Gasteiger charge is -2.14. The summed E-state index contributed by atoms with van der Waals surface area (Å²) in [5.74, 6) is 0.622. The van der Waals surface area contributed by atoms with Gasteiger partial charge in [-0.2, -0.15) is 0 Å². The predicted molar refractivity (Wildman–Crippen MR) is 68.7 cm³/mol. The van der Waals surface area contributed by atoms with Gasteiger partial charge in [-0.25, -0.2) is 0 Å². The van der Waals surface area contributed by atoms with Crippen molar-refractivity contribution in [2.45, 2.75) is 39.5 Å². The number of hydrogen-bond donors (Lipinski definition) is 0. The third kappa shape index (κ3) is 3.39. The van der Waals surface area contributed by atoms with Crippen LogP contribution >= 0.6 is 11.6 Å². The zero-order chi connectivity index (χ0) is 11.3. The zero-order valence-electron chi connectivity index (χ0n) is 9.76. The minimum Gasteiger partial charge on any atom is -0.0916 e. The van der Waals surface area contributed by atoms with Crippen molar-refractivity contribution < 1.29 is 0 Å². The van der Waals surface area contributed by atoms with Crippen LogP contribution in [0.25, 0.3) is 0 Å². The predicted octanol–water partition coefficient (Wildman–Crippen LogP) is 5.11. The van der Waals surface area contributed by atoms with Crippen LogP contribution in [-0.2, 0) is 0 Å². The van der Waals surface area contributed by atoms with Gasteiger partial charge in [0.05, 0.1) is 0 Å².